The third-order valence-corrected chi connectivity index (χ3v) is 2.86. The maximum absolute atomic E-state index is 12.9. The Labute approximate surface area is 109 Å². The summed E-state index contributed by atoms with van der Waals surface area (Å²) in [5.41, 5.74) is 6.59. The third kappa shape index (κ3) is 2.93. The van der Waals surface area contributed by atoms with Crippen molar-refractivity contribution in [3.63, 3.8) is 0 Å². The SMILES string of the molecule is Cc1ccc(-c2cc(C(F)(F)F)c(CN)cn2)cc1. The molecule has 0 bridgehead atoms. The van der Waals surface area contributed by atoms with Crippen molar-refractivity contribution in [2.75, 3.05) is 0 Å². The van der Waals surface area contributed by atoms with E-state index < -0.39 is 11.7 Å². The molecule has 100 valence electrons. The van der Waals surface area contributed by atoms with Crippen LogP contribution in [0.1, 0.15) is 16.7 Å². The monoisotopic (exact) mass is 266 g/mol. The van der Waals surface area contributed by atoms with Crippen LogP contribution in [-0.2, 0) is 12.7 Å². The van der Waals surface area contributed by atoms with Crippen molar-refractivity contribution in [3.05, 3.63) is 53.2 Å². The van der Waals surface area contributed by atoms with E-state index in [1.165, 1.54) is 6.20 Å². The highest BCUT2D eigenvalue weighted by Crippen LogP contribution is 2.33. The summed E-state index contributed by atoms with van der Waals surface area (Å²) < 4.78 is 38.7. The van der Waals surface area contributed by atoms with Gasteiger partial charge in [-0.15, -0.1) is 0 Å². The molecule has 0 aliphatic heterocycles. The highest BCUT2D eigenvalue weighted by atomic mass is 19.4. The zero-order valence-electron chi connectivity index (χ0n) is 10.3. The Morgan fingerprint density at radius 2 is 1.79 bits per heavy atom. The zero-order chi connectivity index (χ0) is 14.0. The van der Waals surface area contributed by atoms with Gasteiger partial charge in [0.1, 0.15) is 0 Å². The predicted molar refractivity (Wildman–Crippen MR) is 67.3 cm³/mol. The highest BCUT2D eigenvalue weighted by molar-refractivity contribution is 5.61. The average Bonchev–Trinajstić information content (AvgIpc) is 2.38. The number of benzene rings is 1. The van der Waals surface area contributed by atoms with Gasteiger partial charge >= 0.3 is 6.18 Å². The predicted octanol–water partition coefficient (Wildman–Crippen LogP) is 3.53. The molecule has 1 aromatic carbocycles. The average molecular weight is 266 g/mol. The minimum atomic E-state index is -4.42. The molecule has 0 saturated carbocycles. The number of nitrogens with zero attached hydrogens (tertiary/aromatic N) is 1. The lowest BCUT2D eigenvalue weighted by Crippen LogP contribution is -2.12. The van der Waals surface area contributed by atoms with E-state index in [1.807, 2.05) is 19.1 Å². The molecule has 0 unspecified atom stereocenters. The molecule has 1 aromatic heterocycles. The lowest BCUT2D eigenvalue weighted by atomic mass is 10.0. The molecule has 0 saturated heterocycles. The van der Waals surface area contributed by atoms with Crippen molar-refractivity contribution in [3.8, 4) is 11.3 Å². The van der Waals surface area contributed by atoms with Crippen LogP contribution in [0.15, 0.2) is 36.5 Å². The normalized spacial score (nSPS) is 11.6. The largest absolute Gasteiger partial charge is 0.416 e. The molecule has 0 radical (unpaired) electrons. The summed E-state index contributed by atoms with van der Waals surface area (Å²) in [5, 5.41) is 0. The van der Waals surface area contributed by atoms with Crippen molar-refractivity contribution < 1.29 is 13.2 Å². The van der Waals surface area contributed by atoms with Gasteiger partial charge in [0, 0.05) is 18.3 Å². The Morgan fingerprint density at radius 1 is 1.16 bits per heavy atom. The molecule has 0 aliphatic carbocycles. The van der Waals surface area contributed by atoms with Crippen LogP contribution in [0, 0.1) is 6.92 Å². The lowest BCUT2D eigenvalue weighted by Gasteiger charge is -2.13. The van der Waals surface area contributed by atoms with Crippen LogP contribution in [-0.4, -0.2) is 4.98 Å². The fourth-order valence-electron chi connectivity index (χ4n) is 1.79. The molecule has 2 nitrogen and oxygen atoms in total. The second-order valence-electron chi connectivity index (χ2n) is 4.29. The van der Waals surface area contributed by atoms with Crippen LogP contribution in [0.2, 0.25) is 0 Å². The standard InChI is InChI=1S/C14H13F3N2/c1-9-2-4-10(5-3-9)13-6-12(14(15,16)17)11(7-18)8-19-13/h2-6,8H,7,18H2,1H3. The van der Waals surface area contributed by atoms with Gasteiger partial charge < -0.3 is 5.73 Å². The van der Waals surface area contributed by atoms with Crippen molar-refractivity contribution >= 4 is 0 Å². The topological polar surface area (TPSA) is 38.9 Å². The molecule has 2 aromatic rings. The van der Waals surface area contributed by atoms with Crippen LogP contribution in [0.3, 0.4) is 0 Å². The van der Waals surface area contributed by atoms with Crippen LogP contribution < -0.4 is 5.73 Å². The van der Waals surface area contributed by atoms with E-state index in [0.29, 0.717) is 11.3 Å². The molecule has 5 heteroatoms. The molecular weight excluding hydrogens is 253 g/mol. The first-order chi connectivity index (χ1) is 8.91. The van der Waals surface area contributed by atoms with Gasteiger partial charge in [0.15, 0.2) is 0 Å². The Bertz CT molecular complexity index is 574. The summed E-state index contributed by atoms with van der Waals surface area (Å²) in [6.45, 7) is 1.73. The van der Waals surface area contributed by atoms with Gasteiger partial charge in [-0.2, -0.15) is 13.2 Å². The van der Waals surface area contributed by atoms with Gasteiger partial charge in [-0.1, -0.05) is 29.8 Å². The molecule has 1 heterocycles. The maximum Gasteiger partial charge on any atom is 0.416 e. The second kappa shape index (κ2) is 5.01. The smallest absolute Gasteiger partial charge is 0.326 e. The number of aromatic nitrogens is 1. The number of rotatable bonds is 2. The number of hydrogen-bond acceptors (Lipinski definition) is 2. The van der Waals surface area contributed by atoms with Gasteiger partial charge in [-0.3, -0.25) is 4.98 Å². The molecule has 0 atom stereocenters. The molecule has 0 aliphatic rings. The Morgan fingerprint density at radius 3 is 2.32 bits per heavy atom. The number of alkyl halides is 3. The first-order valence-electron chi connectivity index (χ1n) is 5.75. The van der Waals surface area contributed by atoms with Gasteiger partial charge in [-0.05, 0) is 18.6 Å². The first kappa shape index (κ1) is 13.5. The van der Waals surface area contributed by atoms with Gasteiger partial charge in [0.2, 0.25) is 0 Å². The summed E-state index contributed by atoms with van der Waals surface area (Å²) in [5.74, 6) is 0. The fraction of sp³-hybridized carbons (Fsp3) is 0.214. The number of aryl methyl sites for hydroxylation is 1. The van der Waals surface area contributed by atoms with Crippen LogP contribution in [0.25, 0.3) is 11.3 Å². The highest BCUT2D eigenvalue weighted by Gasteiger charge is 2.33. The van der Waals surface area contributed by atoms with Crippen LogP contribution >= 0.6 is 0 Å². The maximum atomic E-state index is 12.9. The molecule has 2 rings (SSSR count). The molecule has 2 N–H and O–H groups in total. The van der Waals surface area contributed by atoms with Gasteiger partial charge in [0.05, 0.1) is 11.3 Å². The van der Waals surface area contributed by atoms with Crippen LogP contribution in [0.5, 0.6) is 0 Å². The number of nitrogens with two attached hydrogens (primary N) is 1. The van der Waals surface area contributed by atoms with Crippen molar-refractivity contribution in [1.29, 1.82) is 0 Å². The van der Waals surface area contributed by atoms with E-state index in [4.69, 9.17) is 5.73 Å². The zero-order valence-corrected chi connectivity index (χ0v) is 10.3. The lowest BCUT2D eigenvalue weighted by molar-refractivity contribution is -0.138. The summed E-state index contributed by atoms with van der Waals surface area (Å²) in [6.07, 6.45) is -3.23. The number of hydrogen-bond donors (Lipinski definition) is 1. The molecule has 0 fully saturated rings. The molecular formula is C14H13F3N2. The van der Waals surface area contributed by atoms with E-state index in [-0.39, 0.29) is 12.1 Å². The minimum absolute atomic E-state index is 0.00311. The van der Waals surface area contributed by atoms with E-state index in [1.54, 1.807) is 12.1 Å². The quantitative estimate of drug-likeness (QED) is 0.903. The minimum Gasteiger partial charge on any atom is -0.326 e. The Hall–Kier alpha value is -1.88. The van der Waals surface area contributed by atoms with E-state index in [0.717, 1.165) is 11.6 Å². The van der Waals surface area contributed by atoms with Crippen molar-refractivity contribution in [2.24, 2.45) is 5.73 Å². The number of pyridine rings is 1. The van der Waals surface area contributed by atoms with E-state index in [9.17, 15) is 13.2 Å². The summed E-state index contributed by atoms with van der Waals surface area (Å²) in [4.78, 5) is 4.04. The third-order valence-electron chi connectivity index (χ3n) is 2.86. The molecule has 19 heavy (non-hydrogen) atoms. The first-order valence-corrected chi connectivity index (χ1v) is 5.75. The number of halogens is 3. The van der Waals surface area contributed by atoms with E-state index in [2.05, 4.69) is 4.98 Å². The summed E-state index contributed by atoms with van der Waals surface area (Å²) in [6, 6.07) is 8.22. The Balaban J connectivity index is 2.52. The fourth-order valence-corrected chi connectivity index (χ4v) is 1.79. The van der Waals surface area contributed by atoms with Crippen LogP contribution in [0.4, 0.5) is 13.2 Å². The van der Waals surface area contributed by atoms with E-state index >= 15 is 0 Å². The van der Waals surface area contributed by atoms with Crippen molar-refractivity contribution in [1.82, 2.24) is 4.98 Å². The molecule has 0 spiro atoms. The van der Waals surface area contributed by atoms with Gasteiger partial charge in [-0.25, -0.2) is 0 Å². The van der Waals surface area contributed by atoms with Crippen molar-refractivity contribution in [2.45, 2.75) is 19.6 Å². The Kier molecular flexibility index (Phi) is 3.57. The second-order valence-corrected chi connectivity index (χ2v) is 4.29. The summed E-state index contributed by atoms with van der Waals surface area (Å²) in [7, 11) is 0. The molecule has 0 amide bonds. The summed E-state index contributed by atoms with van der Waals surface area (Å²) >= 11 is 0. The van der Waals surface area contributed by atoms with Gasteiger partial charge in [0.25, 0.3) is 0 Å².